The molecule has 1 N–H and O–H groups in total. The minimum Gasteiger partial charge on any atom is -0.508 e. The number of benzene rings is 1. The van der Waals surface area contributed by atoms with Gasteiger partial charge in [0.05, 0.1) is 11.0 Å². The van der Waals surface area contributed by atoms with Gasteiger partial charge in [0, 0.05) is 5.56 Å². The van der Waals surface area contributed by atoms with Gasteiger partial charge in [-0.25, -0.2) is 8.42 Å². The van der Waals surface area contributed by atoms with E-state index in [2.05, 4.69) is 0 Å². The highest BCUT2D eigenvalue weighted by atomic mass is 32.2. The summed E-state index contributed by atoms with van der Waals surface area (Å²) in [5.41, 5.74) is 0.546. The molecule has 4 heteroatoms. The number of aromatic hydroxyl groups is 1. The summed E-state index contributed by atoms with van der Waals surface area (Å²) in [7, 11) is -3.02. The lowest BCUT2D eigenvalue weighted by molar-refractivity contribution is 0.465. The first kappa shape index (κ1) is 9.52. The summed E-state index contributed by atoms with van der Waals surface area (Å²) in [6.07, 6.45) is 1.32. The molecule has 1 aliphatic heterocycles. The topological polar surface area (TPSA) is 54.4 Å². The first-order chi connectivity index (χ1) is 6.61. The molecule has 1 aromatic rings. The Morgan fingerprint density at radius 2 is 2.00 bits per heavy atom. The van der Waals surface area contributed by atoms with Crippen molar-refractivity contribution in [1.29, 1.82) is 0 Å². The quantitative estimate of drug-likeness (QED) is 0.770. The Labute approximate surface area is 83.3 Å². The second kappa shape index (κ2) is 3.28. The molecule has 0 amide bonds. The average Bonchev–Trinajstić information content (AvgIpc) is 2.46. The number of phenols is 1. The van der Waals surface area contributed by atoms with Crippen molar-refractivity contribution in [2.75, 3.05) is 5.75 Å². The zero-order valence-electron chi connectivity index (χ0n) is 7.68. The van der Waals surface area contributed by atoms with Crippen LogP contribution in [0.2, 0.25) is 0 Å². The highest BCUT2D eigenvalue weighted by Crippen LogP contribution is 2.38. The van der Waals surface area contributed by atoms with Gasteiger partial charge < -0.3 is 5.11 Å². The van der Waals surface area contributed by atoms with Crippen LogP contribution in [0.1, 0.15) is 23.7 Å². The van der Waals surface area contributed by atoms with Crippen LogP contribution in [-0.4, -0.2) is 19.3 Å². The summed E-state index contributed by atoms with van der Waals surface area (Å²) in [5.74, 6) is 0.328. The monoisotopic (exact) mass is 212 g/mol. The van der Waals surface area contributed by atoms with E-state index in [9.17, 15) is 13.5 Å². The Bertz CT molecular complexity index is 436. The lowest BCUT2D eigenvalue weighted by Gasteiger charge is -2.10. The lowest BCUT2D eigenvalue weighted by Crippen LogP contribution is -2.07. The number of rotatable bonds is 1. The van der Waals surface area contributed by atoms with Crippen LogP contribution in [0.15, 0.2) is 24.3 Å². The van der Waals surface area contributed by atoms with Crippen molar-refractivity contribution in [3.05, 3.63) is 29.8 Å². The normalized spacial score (nSPS) is 25.0. The van der Waals surface area contributed by atoms with Crippen molar-refractivity contribution in [2.45, 2.75) is 18.1 Å². The van der Waals surface area contributed by atoms with Gasteiger partial charge in [0.2, 0.25) is 0 Å². The number of hydrogen-bond donors (Lipinski definition) is 1. The molecule has 3 nitrogen and oxygen atoms in total. The summed E-state index contributed by atoms with van der Waals surface area (Å²) >= 11 is 0. The largest absolute Gasteiger partial charge is 0.508 e. The Hall–Kier alpha value is -1.03. The first-order valence-electron chi connectivity index (χ1n) is 4.61. The van der Waals surface area contributed by atoms with E-state index in [0.717, 1.165) is 0 Å². The molecule has 0 radical (unpaired) electrons. The maximum Gasteiger partial charge on any atom is 0.157 e. The number of sulfone groups is 1. The van der Waals surface area contributed by atoms with E-state index in [4.69, 9.17) is 0 Å². The highest BCUT2D eigenvalue weighted by Gasteiger charge is 2.33. The second-order valence-electron chi connectivity index (χ2n) is 3.56. The van der Waals surface area contributed by atoms with Crippen LogP contribution >= 0.6 is 0 Å². The molecule has 2 rings (SSSR count). The SMILES string of the molecule is O=S1(=O)CCCC1c1ccccc1O. The van der Waals surface area contributed by atoms with Crippen molar-refractivity contribution < 1.29 is 13.5 Å². The predicted molar refractivity (Wildman–Crippen MR) is 53.9 cm³/mol. The van der Waals surface area contributed by atoms with Gasteiger partial charge in [-0.3, -0.25) is 0 Å². The van der Waals surface area contributed by atoms with Crippen molar-refractivity contribution >= 4 is 9.84 Å². The van der Waals surface area contributed by atoms with Gasteiger partial charge in [-0.1, -0.05) is 18.2 Å². The summed E-state index contributed by atoms with van der Waals surface area (Å²) in [5, 5.41) is 9.04. The van der Waals surface area contributed by atoms with Crippen LogP contribution in [0.5, 0.6) is 5.75 Å². The molecular weight excluding hydrogens is 200 g/mol. The van der Waals surface area contributed by atoms with Crippen molar-refractivity contribution in [2.24, 2.45) is 0 Å². The molecule has 1 unspecified atom stereocenters. The van der Waals surface area contributed by atoms with E-state index in [1.807, 2.05) is 0 Å². The summed E-state index contributed by atoms with van der Waals surface area (Å²) in [6.45, 7) is 0. The van der Waals surface area contributed by atoms with Crippen LogP contribution in [0, 0.1) is 0 Å². The Kier molecular flexibility index (Phi) is 2.23. The van der Waals surface area contributed by atoms with Crippen LogP contribution in [0.3, 0.4) is 0 Å². The molecule has 1 aromatic carbocycles. The Morgan fingerprint density at radius 1 is 1.29 bits per heavy atom. The zero-order valence-corrected chi connectivity index (χ0v) is 8.50. The van der Waals surface area contributed by atoms with Crippen LogP contribution in [-0.2, 0) is 9.84 Å². The van der Waals surface area contributed by atoms with Gasteiger partial charge in [-0.15, -0.1) is 0 Å². The molecule has 1 atom stereocenters. The number of para-hydroxylation sites is 1. The van der Waals surface area contributed by atoms with E-state index >= 15 is 0 Å². The molecule has 1 heterocycles. The number of hydrogen-bond acceptors (Lipinski definition) is 3. The molecule has 0 saturated carbocycles. The molecule has 76 valence electrons. The van der Waals surface area contributed by atoms with E-state index in [0.29, 0.717) is 18.4 Å². The van der Waals surface area contributed by atoms with Gasteiger partial charge in [-0.2, -0.15) is 0 Å². The fourth-order valence-corrected chi connectivity index (χ4v) is 3.87. The fraction of sp³-hybridized carbons (Fsp3) is 0.400. The third-order valence-electron chi connectivity index (χ3n) is 2.61. The smallest absolute Gasteiger partial charge is 0.157 e. The zero-order chi connectivity index (χ0) is 10.2. The highest BCUT2D eigenvalue weighted by molar-refractivity contribution is 7.91. The number of phenolic OH excluding ortho intramolecular Hbond substituents is 1. The average molecular weight is 212 g/mol. The van der Waals surface area contributed by atoms with Gasteiger partial charge in [0.15, 0.2) is 9.84 Å². The molecule has 14 heavy (non-hydrogen) atoms. The van der Waals surface area contributed by atoms with E-state index in [-0.39, 0.29) is 11.5 Å². The second-order valence-corrected chi connectivity index (χ2v) is 5.86. The van der Waals surface area contributed by atoms with Gasteiger partial charge >= 0.3 is 0 Å². The molecule has 1 fully saturated rings. The van der Waals surface area contributed by atoms with Gasteiger partial charge in [0.25, 0.3) is 0 Å². The van der Waals surface area contributed by atoms with E-state index in [1.54, 1.807) is 18.2 Å². The maximum atomic E-state index is 11.6. The van der Waals surface area contributed by atoms with Crippen molar-refractivity contribution in [3.63, 3.8) is 0 Å². The maximum absolute atomic E-state index is 11.6. The third kappa shape index (κ3) is 1.50. The first-order valence-corrected chi connectivity index (χ1v) is 6.32. The van der Waals surface area contributed by atoms with Gasteiger partial charge in [0.1, 0.15) is 5.75 Å². The molecule has 0 spiro atoms. The molecule has 1 aliphatic rings. The van der Waals surface area contributed by atoms with Crippen LogP contribution < -0.4 is 0 Å². The van der Waals surface area contributed by atoms with E-state index in [1.165, 1.54) is 6.07 Å². The minimum atomic E-state index is -3.02. The van der Waals surface area contributed by atoms with Crippen LogP contribution in [0.4, 0.5) is 0 Å². The molecule has 0 aliphatic carbocycles. The summed E-state index contributed by atoms with van der Waals surface area (Å²) < 4.78 is 23.2. The molecular formula is C10H12O3S. The standard InChI is InChI=1S/C10H12O3S/c11-9-5-2-1-4-8(9)10-6-3-7-14(10,12)13/h1-2,4-5,10-11H,3,6-7H2. The van der Waals surface area contributed by atoms with Gasteiger partial charge in [-0.05, 0) is 18.9 Å². The lowest BCUT2D eigenvalue weighted by atomic mass is 10.1. The molecule has 1 saturated heterocycles. The Morgan fingerprint density at radius 3 is 2.57 bits per heavy atom. The Balaban J connectivity index is 2.46. The van der Waals surface area contributed by atoms with Crippen molar-refractivity contribution in [1.82, 2.24) is 0 Å². The van der Waals surface area contributed by atoms with Crippen molar-refractivity contribution in [3.8, 4) is 5.75 Å². The predicted octanol–water partition coefficient (Wildman–Crippen LogP) is 1.64. The van der Waals surface area contributed by atoms with Crippen LogP contribution in [0.25, 0.3) is 0 Å². The summed E-state index contributed by atoms with van der Waals surface area (Å²) in [4.78, 5) is 0. The minimum absolute atomic E-state index is 0.0861. The summed E-state index contributed by atoms with van der Waals surface area (Å²) in [6, 6.07) is 6.66. The molecule has 0 aromatic heterocycles. The third-order valence-corrected chi connectivity index (χ3v) is 4.83. The fourth-order valence-electron chi connectivity index (χ4n) is 1.90. The van der Waals surface area contributed by atoms with E-state index < -0.39 is 15.1 Å². The molecule has 0 bridgehead atoms.